The second-order valence-electron chi connectivity index (χ2n) is 43.3. The third kappa shape index (κ3) is 22.7. The normalized spacial score (nSPS) is 20.4. The molecule has 6 aliphatic heterocycles. The lowest BCUT2D eigenvalue weighted by Crippen LogP contribution is -2.39. The van der Waals surface area contributed by atoms with Gasteiger partial charge in [-0.25, -0.2) is 29.5 Å². The van der Waals surface area contributed by atoms with E-state index < -0.39 is 29.4 Å². The Kier molecular flexibility index (Phi) is 30.4. The smallest absolute Gasteiger partial charge is 0.358 e. The van der Waals surface area contributed by atoms with Crippen LogP contribution in [0.5, 0.6) is 11.5 Å². The Morgan fingerprint density at radius 3 is 1.34 bits per heavy atom. The zero-order valence-electron chi connectivity index (χ0n) is 86.6. The first-order valence-electron chi connectivity index (χ1n) is 53.9. The summed E-state index contributed by atoms with van der Waals surface area (Å²) in [5, 5.41) is 34.2. The van der Waals surface area contributed by atoms with Crippen LogP contribution in [0.3, 0.4) is 0 Å². The number of carboxylic acid groups (broad SMARTS) is 1. The van der Waals surface area contributed by atoms with Crippen molar-refractivity contribution in [3.63, 3.8) is 0 Å². The van der Waals surface area contributed by atoms with E-state index >= 15 is 0 Å². The lowest BCUT2D eigenvalue weighted by molar-refractivity contribution is -0.135. The number of rotatable bonds is 28. The van der Waals surface area contributed by atoms with Crippen molar-refractivity contribution < 1.29 is 57.7 Å². The molecule has 4 atom stereocenters. The van der Waals surface area contributed by atoms with Crippen molar-refractivity contribution in [2.45, 2.75) is 243 Å². The summed E-state index contributed by atoms with van der Waals surface area (Å²) in [4.78, 5) is 132. The van der Waals surface area contributed by atoms with Gasteiger partial charge in [-0.1, -0.05) is 145 Å². The summed E-state index contributed by atoms with van der Waals surface area (Å²) < 4.78 is 25.3. The zero-order chi connectivity index (χ0) is 104. The van der Waals surface area contributed by atoms with Crippen LogP contribution in [0.4, 0.5) is 21.9 Å². The van der Waals surface area contributed by atoms with E-state index in [1.807, 2.05) is 185 Å². The number of benzene rings is 8. The predicted octanol–water partition coefficient (Wildman–Crippen LogP) is 22.4. The summed E-state index contributed by atoms with van der Waals surface area (Å²) >= 11 is 2.89. The van der Waals surface area contributed by atoms with Gasteiger partial charge in [0.25, 0.3) is 11.8 Å². The number of nitrogens with one attached hydrogen (secondary N) is 4. The van der Waals surface area contributed by atoms with Crippen molar-refractivity contribution in [1.29, 1.82) is 0 Å². The van der Waals surface area contributed by atoms with Crippen molar-refractivity contribution in [3.05, 3.63) is 260 Å². The number of ether oxygens (including phenoxy) is 3. The minimum Gasteiger partial charge on any atom is -0.490 e. The van der Waals surface area contributed by atoms with Gasteiger partial charge in [0.05, 0.1) is 66.9 Å². The van der Waals surface area contributed by atoms with Crippen molar-refractivity contribution >= 4 is 134 Å². The van der Waals surface area contributed by atoms with Crippen LogP contribution >= 0.6 is 22.7 Å². The first kappa shape index (κ1) is 102. The van der Waals surface area contributed by atoms with Crippen LogP contribution in [0.1, 0.15) is 283 Å². The van der Waals surface area contributed by atoms with E-state index in [-0.39, 0.29) is 59.0 Å². The highest BCUT2D eigenvalue weighted by atomic mass is 32.1. The highest BCUT2D eigenvalue weighted by Gasteiger charge is 2.38. The molecule has 28 nitrogen and oxygen atoms in total. The molecule has 8 aromatic carbocycles. The van der Waals surface area contributed by atoms with Crippen LogP contribution in [0.25, 0.3) is 64.5 Å². The minimum atomic E-state index is -1.10. The molecule has 6 aromatic heterocycles. The predicted molar refractivity (Wildman–Crippen MR) is 587 cm³/mol. The summed E-state index contributed by atoms with van der Waals surface area (Å²) in [6, 6.07) is 60.2. The van der Waals surface area contributed by atoms with Crippen LogP contribution < -0.4 is 40.5 Å². The van der Waals surface area contributed by atoms with Crippen molar-refractivity contribution in [2.24, 2.45) is 25.9 Å². The number of unbranched alkanes of at least 4 members (excludes halogenated alkanes) is 2. The number of nitrogens with zero attached hydrogens (tertiary/aromatic N) is 12. The quantitative estimate of drug-likeness (QED) is 0.0173. The number of carbonyl (C=O) groups excluding carboxylic acids is 7. The summed E-state index contributed by atoms with van der Waals surface area (Å²) in [7, 11) is 3.89. The van der Waals surface area contributed by atoms with Crippen LogP contribution in [0, 0.1) is 25.7 Å². The molecule has 8 aliphatic rings. The molecule has 5 N–H and O–H groups in total. The van der Waals surface area contributed by atoms with Crippen molar-refractivity contribution in [2.75, 3.05) is 72.8 Å². The summed E-state index contributed by atoms with van der Waals surface area (Å²) in [6.45, 7) is 18.5. The van der Waals surface area contributed by atoms with Crippen molar-refractivity contribution in [1.82, 2.24) is 59.9 Å². The van der Waals surface area contributed by atoms with Gasteiger partial charge < -0.3 is 38.9 Å². The summed E-state index contributed by atoms with van der Waals surface area (Å²) in [6.07, 6.45) is 23.9. The fourth-order valence-corrected chi connectivity index (χ4v) is 25.8. The Hall–Kier alpha value is -13.9. The Balaban J connectivity index is 0.000000175. The number of thiazole rings is 2. The third-order valence-corrected chi connectivity index (χ3v) is 34.1. The highest BCUT2D eigenvalue weighted by molar-refractivity contribution is 7.22. The average Bonchev–Trinajstić information content (AvgIpc) is 1.57. The number of fused-ring (bicyclic) bond motifs is 6. The molecule has 2 unspecified atom stereocenters. The second-order valence-corrected chi connectivity index (χ2v) is 45.3. The minimum absolute atomic E-state index is 0.0166. The molecule has 6 amide bonds. The van der Waals surface area contributed by atoms with Gasteiger partial charge in [0, 0.05) is 99.2 Å². The number of hydrogen-bond donors (Lipinski definition) is 5. The molecule has 22 rings (SSSR count). The van der Waals surface area contributed by atoms with Gasteiger partial charge >= 0.3 is 11.9 Å². The first-order valence-corrected chi connectivity index (χ1v) is 55.5. The van der Waals surface area contributed by atoms with Gasteiger partial charge in [0.1, 0.15) is 28.7 Å². The molecule has 150 heavy (non-hydrogen) atoms. The number of imide groups is 2. The van der Waals surface area contributed by atoms with Crippen molar-refractivity contribution in [3.8, 4) is 33.8 Å². The van der Waals surface area contributed by atoms with Gasteiger partial charge in [-0.05, 0) is 341 Å². The molecule has 12 heterocycles. The molecule has 30 heteroatoms. The molecule has 0 spiro atoms. The Morgan fingerprint density at radius 1 is 0.460 bits per heavy atom. The monoisotopic (exact) mass is 2050 g/mol. The second kappa shape index (κ2) is 44.7. The van der Waals surface area contributed by atoms with E-state index in [0.717, 1.165) is 213 Å². The maximum absolute atomic E-state index is 14.1. The molecule has 0 radical (unpaired) electrons. The fourth-order valence-electron chi connectivity index (χ4n) is 24.1. The molecule has 6 fully saturated rings. The van der Waals surface area contributed by atoms with E-state index in [0.29, 0.717) is 126 Å². The maximum Gasteiger partial charge on any atom is 0.358 e. The summed E-state index contributed by atoms with van der Waals surface area (Å²) in [5.74, 6) is 1.39. The Morgan fingerprint density at radius 2 is 0.900 bits per heavy atom. The molecular formula is C120H132N16O12S2. The van der Waals surface area contributed by atoms with Crippen LogP contribution in [0.15, 0.2) is 182 Å². The number of aromatic nitrogens is 8. The molecule has 0 bridgehead atoms. The number of anilines is 4. The average molecular weight is 2050 g/mol. The van der Waals surface area contributed by atoms with Crippen LogP contribution in [0.2, 0.25) is 0 Å². The SMILES string of the molecule is Cc1c(OC2CCC(CCCCN3CCC[C@@H](c4ccc5c(C6CCC(=O)NC6=O)nn(C)c5c4)C3)CC2)cccc1-c1ccc(N2CCc3cccc(C(=O)Nc4nc5ccccc5s4)c3C2)nc1C(=O)O.Cc1c(OC2CCC(CCCCN3CCC[C@@H](c4ccc5c(C6CCC(=O)NC6=O)nn(C)c5c4)C3)CC2)cccc1-c1ccc(N2CCc3cccc(C(=O)Nc4nc5ccccc5s4)c3C2)nc1C(=O)OC(C)(C)C. The van der Waals surface area contributed by atoms with E-state index in [9.17, 15) is 43.5 Å². The number of likely N-dealkylation sites (tertiary alicyclic amines) is 2. The van der Waals surface area contributed by atoms with Gasteiger partial charge in [0.2, 0.25) is 23.6 Å². The van der Waals surface area contributed by atoms with Gasteiger partial charge in [-0.3, -0.25) is 59.4 Å². The molecule has 2 aliphatic carbocycles. The number of carboxylic acids is 1. The molecular weight excluding hydrogens is 1920 g/mol. The van der Waals surface area contributed by atoms with Gasteiger partial charge in [-0.2, -0.15) is 10.2 Å². The number of para-hydroxylation sites is 2. The Labute approximate surface area is 882 Å². The number of amides is 6. The van der Waals surface area contributed by atoms with Crippen LogP contribution in [-0.2, 0) is 63.9 Å². The number of pyridine rings is 2. The van der Waals surface area contributed by atoms with E-state index in [4.69, 9.17) is 34.4 Å². The highest BCUT2D eigenvalue weighted by Crippen LogP contribution is 2.45. The van der Waals surface area contributed by atoms with E-state index in [1.165, 1.54) is 91.6 Å². The number of carbonyl (C=O) groups is 8. The van der Waals surface area contributed by atoms with Gasteiger partial charge in [-0.15, -0.1) is 0 Å². The zero-order valence-corrected chi connectivity index (χ0v) is 88.2. The van der Waals surface area contributed by atoms with E-state index in [1.54, 1.807) is 0 Å². The lowest BCUT2D eigenvalue weighted by Gasteiger charge is -2.33. The Bertz CT molecular complexity index is 7420. The number of aryl methyl sites for hydroxylation is 2. The number of hydrogen-bond acceptors (Lipinski definition) is 23. The molecule has 14 aromatic rings. The standard InChI is InChI=1S/C62H70N8O6S.C58H62N8O6S/c1-38-44(45-27-29-54(64-57(45)60(74)76-62(2,3)4)70-34-31-40-14-10-17-46(49(40)37-70)58(72)66-61-63-50-18-6-7-20-53(50)77-61)16-11-19-52(38)75-43-24-21-39(22-25-43)13-8-9-32-69-33-12-15-42(36-69)41-23-26-47-51(35-41)68(5)67-56(47)48-28-30-55(71)65-59(48)73;1-35-41(42-24-26-51(60-54(42)57(70)71)66-31-28-37-11-7-14-43(46(37)34-66)55(68)62-58-59-47-15-3-4-17-50(47)73-58)13-8-16-49(35)72-40-21-18-36(19-22-40)10-5-6-29-65-30-9-12-39(33-65)38-20-23-44-48(32-38)64(2)63-53(44)45-25-27-52(67)61-56(45)69/h6-7,10-11,14,16-20,23,26-27,29,35,39,42-43,48H,8-9,12-13,15,21-22,24-25,28,30-34,36-37H2,1-5H3,(H,63,66,72)(H,65,71,73);3-4,7-8,11,13-17,20,23-24,26,32,36,39-40,45H,5-6,9-10,12,18-19,21-22,25,27-31,33-34H2,1-2H3,(H,70,71)(H,59,62,68)(H,61,67,69)/t39?,42-,43?,48?;36?,39-,40?,45?/m11/s1. The molecule has 4 saturated heterocycles. The third-order valence-electron chi connectivity index (χ3n) is 32.2. The largest absolute Gasteiger partial charge is 0.490 e. The fraction of sp³-hybridized carbons (Fsp3) is 0.417. The number of aromatic carboxylic acids is 1. The van der Waals surface area contributed by atoms with Gasteiger partial charge in [0.15, 0.2) is 21.7 Å². The molecule has 776 valence electrons. The number of piperidine rings is 4. The van der Waals surface area contributed by atoms with E-state index in [2.05, 4.69) is 106 Å². The van der Waals surface area contributed by atoms with Crippen LogP contribution in [-0.4, -0.2) is 172 Å². The maximum atomic E-state index is 14.1. The number of esters is 1. The lowest BCUT2D eigenvalue weighted by atomic mass is 9.84. The summed E-state index contributed by atoms with van der Waals surface area (Å²) in [5.41, 5.74) is 17.4. The molecule has 2 saturated carbocycles. The first-order chi connectivity index (χ1) is 72.7. The topological polar surface area (TPSA) is 333 Å².